The number of nitrogens with one attached hydrogen (secondary N) is 1. The van der Waals surface area contributed by atoms with E-state index in [9.17, 15) is 14.7 Å². The molecule has 0 radical (unpaired) electrons. The molecule has 0 aromatic heterocycles. The molecule has 0 spiro atoms. The van der Waals surface area contributed by atoms with Gasteiger partial charge in [-0.1, -0.05) is 6.92 Å². The monoisotopic (exact) mass is 228 g/mol. The molecule has 1 rings (SSSR count). The molecule has 16 heavy (non-hydrogen) atoms. The third-order valence-electron chi connectivity index (χ3n) is 2.96. The summed E-state index contributed by atoms with van der Waals surface area (Å²) >= 11 is 0. The largest absolute Gasteiger partial charge is 0.393 e. The minimum absolute atomic E-state index is 0.0750. The van der Waals surface area contributed by atoms with Gasteiger partial charge in [0.15, 0.2) is 0 Å². The number of hydrogen-bond donors (Lipinski definition) is 2. The summed E-state index contributed by atoms with van der Waals surface area (Å²) in [4.78, 5) is 24.5. The van der Waals surface area contributed by atoms with Crippen molar-refractivity contribution in [2.75, 3.05) is 13.1 Å². The van der Waals surface area contributed by atoms with E-state index in [1.807, 2.05) is 6.92 Å². The quantitative estimate of drug-likeness (QED) is 0.684. The number of carbonyl (C=O) groups excluding carboxylic acids is 2. The fraction of sp³-hybridized carbons (Fsp3) is 0.818. The zero-order valence-corrected chi connectivity index (χ0v) is 10.1. The normalized spacial score (nSPS) is 27.4. The van der Waals surface area contributed by atoms with Gasteiger partial charge in [0, 0.05) is 20.0 Å². The third kappa shape index (κ3) is 3.20. The van der Waals surface area contributed by atoms with Gasteiger partial charge in [0.1, 0.15) is 6.04 Å². The van der Waals surface area contributed by atoms with Crippen molar-refractivity contribution in [3.8, 4) is 0 Å². The lowest BCUT2D eigenvalue weighted by atomic mass is 9.96. The Morgan fingerprint density at radius 3 is 2.62 bits per heavy atom. The molecule has 0 saturated carbocycles. The van der Waals surface area contributed by atoms with Crippen molar-refractivity contribution in [2.24, 2.45) is 5.92 Å². The van der Waals surface area contributed by atoms with Crippen molar-refractivity contribution < 1.29 is 14.7 Å². The minimum atomic E-state index is -0.486. The Morgan fingerprint density at radius 1 is 1.50 bits per heavy atom. The topological polar surface area (TPSA) is 69.6 Å². The maximum Gasteiger partial charge on any atom is 0.244 e. The highest BCUT2D eigenvalue weighted by Gasteiger charge is 2.29. The second-order valence-corrected chi connectivity index (χ2v) is 4.54. The lowest BCUT2D eigenvalue weighted by Crippen LogP contribution is -2.51. The van der Waals surface area contributed by atoms with Crippen LogP contribution in [0.25, 0.3) is 0 Å². The van der Waals surface area contributed by atoms with Gasteiger partial charge in [0.05, 0.1) is 6.10 Å². The SMILES string of the molecule is CC(=O)NC(C)C(=O)N1CCC(O)C(C)C1. The summed E-state index contributed by atoms with van der Waals surface area (Å²) in [5.74, 6) is -0.179. The Hall–Kier alpha value is -1.10. The molecule has 0 aromatic carbocycles. The van der Waals surface area contributed by atoms with Gasteiger partial charge in [-0.15, -0.1) is 0 Å². The number of likely N-dealkylation sites (tertiary alicyclic amines) is 1. The molecular weight excluding hydrogens is 208 g/mol. The van der Waals surface area contributed by atoms with Crippen LogP contribution in [-0.4, -0.2) is 47.1 Å². The molecule has 2 N–H and O–H groups in total. The van der Waals surface area contributed by atoms with E-state index in [0.29, 0.717) is 19.5 Å². The zero-order chi connectivity index (χ0) is 12.3. The van der Waals surface area contributed by atoms with Crippen molar-refractivity contribution in [2.45, 2.75) is 39.3 Å². The van der Waals surface area contributed by atoms with Crippen LogP contribution in [0.1, 0.15) is 27.2 Å². The van der Waals surface area contributed by atoms with E-state index in [2.05, 4.69) is 5.32 Å². The molecule has 3 atom stereocenters. The summed E-state index contributed by atoms with van der Waals surface area (Å²) in [6.07, 6.45) is 0.291. The molecule has 1 aliphatic rings. The fourth-order valence-electron chi connectivity index (χ4n) is 1.97. The molecule has 1 saturated heterocycles. The van der Waals surface area contributed by atoms with Crippen LogP contribution in [-0.2, 0) is 9.59 Å². The summed E-state index contributed by atoms with van der Waals surface area (Å²) in [5.41, 5.74) is 0. The molecule has 5 heteroatoms. The number of aliphatic hydroxyl groups is 1. The Bertz CT molecular complexity index is 280. The van der Waals surface area contributed by atoms with Crippen LogP contribution in [0.15, 0.2) is 0 Å². The molecule has 3 unspecified atom stereocenters. The van der Waals surface area contributed by atoms with E-state index in [1.54, 1.807) is 11.8 Å². The highest BCUT2D eigenvalue weighted by atomic mass is 16.3. The Kier molecular flexibility index (Phi) is 4.29. The van der Waals surface area contributed by atoms with E-state index < -0.39 is 6.04 Å². The van der Waals surface area contributed by atoms with Crippen molar-refractivity contribution in [1.82, 2.24) is 10.2 Å². The van der Waals surface area contributed by atoms with Gasteiger partial charge in [0.25, 0.3) is 0 Å². The van der Waals surface area contributed by atoms with Gasteiger partial charge in [-0.3, -0.25) is 9.59 Å². The van der Waals surface area contributed by atoms with E-state index >= 15 is 0 Å². The number of amides is 2. The molecule has 0 bridgehead atoms. The van der Waals surface area contributed by atoms with Crippen LogP contribution in [0.2, 0.25) is 0 Å². The highest BCUT2D eigenvalue weighted by molar-refractivity contribution is 5.86. The first-order valence-electron chi connectivity index (χ1n) is 5.65. The van der Waals surface area contributed by atoms with Crippen molar-refractivity contribution in [3.63, 3.8) is 0 Å². The summed E-state index contributed by atoms with van der Waals surface area (Å²) in [5, 5.41) is 12.1. The molecule has 1 aliphatic heterocycles. The number of aliphatic hydroxyl groups excluding tert-OH is 1. The Labute approximate surface area is 95.8 Å². The summed E-state index contributed by atoms with van der Waals surface area (Å²) in [7, 11) is 0. The second-order valence-electron chi connectivity index (χ2n) is 4.54. The van der Waals surface area contributed by atoms with Crippen LogP contribution < -0.4 is 5.32 Å². The molecule has 0 aromatic rings. The van der Waals surface area contributed by atoms with Crippen LogP contribution in [0.4, 0.5) is 0 Å². The minimum Gasteiger partial charge on any atom is -0.393 e. The molecule has 2 amide bonds. The smallest absolute Gasteiger partial charge is 0.244 e. The van der Waals surface area contributed by atoms with E-state index in [1.165, 1.54) is 6.92 Å². The second kappa shape index (κ2) is 5.30. The lowest BCUT2D eigenvalue weighted by molar-refractivity contribution is -0.138. The van der Waals surface area contributed by atoms with Gasteiger partial charge in [0.2, 0.25) is 11.8 Å². The molecule has 1 fully saturated rings. The van der Waals surface area contributed by atoms with E-state index in [-0.39, 0.29) is 23.8 Å². The van der Waals surface area contributed by atoms with Crippen molar-refractivity contribution in [3.05, 3.63) is 0 Å². The van der Waals surface area contributed by atoms with Gasteiger partial charge in [-0.2, -0.15) is 0 Å². The highest BCUT2D eigenvalue weighted by Crippen LogP contribution is 2.17. The Balaban J connectivity index is 2.51. The van der Waals surface area contributed by atoms with Gasteiger partial charge in [-0.05, 0) is 19.3 Å². The fourth-order valence-corrected chi connectivity index (χ4v) is 1.97. The molecule has 92 valence electrons. The van der Waals surface area contributed by atoms with Crippen molar-refractivity contribution in [1.29, 1.82) is 0 Å². The molecule has 1 heterocycles. The predicted octanol–water partition coefficient (Wildman–Crippen LogP) is -0.260. The van der Waals surface area contributed by atoms with E-state index in [4.69, 9.17) is 0 Å². The first kappa shape index (κ1) is 13.0. The summed E-state index contributed by atoms with van der Waals surface area (Å²) in [6.45, 7) is 6.12. The first-order chi connectivity index (χ1) is 7.41. The molecular formula is C11H20N2O3. The maximum absolute atomic E-state index is 11.9. The van der Waals surface area contributed by atoms with Crippen LogP contribution in [0, 0.1) is 5.92 Å². The van der Waals surface area contributed by atoms with Gasteiger partial charge >= 0.3 is 0 Å². The Morgan fingerprint density at radius 2 is 2.12 bits per heavy atom. The van der Waals surface area contributed by atoms with Gasteiger partial charge in [-0.25, -0.2) is 0 Å². The van der Waals surface area contributed by atoms with Crippen LogP contribution in [0.3, 0.4) is 0 Å². The standard InChI is InChI=1S/C11H20N2O3/c1-7-6-13(5-4-10(7)15)11(16)8(2)12-9(3)14/h7-8,10,15H,4-6H2,1-3H3,(H,12,14). The number of carbonyl (C=O) groups is 2. The number of piperidine rings is 1. The number of nitrogens with zero attached hydrogens (tertiary/aromatic N) is 1. The zero-order valence-electron chi connectivity index (χ0n) is 10.1. The molecule has 5 nitrogen and oxygen atoms in total. The summed E-state index contributed by atoms with van der Waals surface area (Å²) < 4.78 is 0. The first-order valence-corrected chi connectivity index (χ1v) is 5.65. The van der Waals surface area contributed by atoms with Crippen molar-refractivity contribution >= 4 is 11.8 Å². The van der Waals surface area contributed by atoms with Gasteiger partial charge < -0.3 is 15.3 Å². The average molecular weight is 228 g/mol. The molecule has 0 aliphatic carbocycles. The van der Waals surface area contributed by atoms with Crippen LogP contribution in [0.5, 0.6) is 0 Å². The predicted molar refractivity (Wildman–Crippen MR) is 59.6 cm³/mol. The average Bonchev–Trinajstić information content (AvgIpc) is 2.20. The third-order valence-corrected chi connectivity index (χ3v) is 2.96. The maximum atomic E-state index is 11.9. The summed E-state index contributed by atoms with van der Waals surface area (Å²) in [6, 6.07) is -0.486. The number of rotatable bonds is 2. The lowest BCUT2D eigenvalue weighted by Gasteiger charge is -2.35. The number of hydrogen-bond acceptors (Lipinski definition) is 3. The van der Waals surface area contributed by atoms with Crippen LogP contribution >= 0.6 is 0 Å². The van der Waals surface area contributed by atoms with E-state index in [0.717, 1.165) is 0 Å².